The Morgan fingerprint density at radius 1 is 1.35 bits per heavy atom. The Balaban J connectivity index is 1.97. The van der Waals surface area contributed by atoms with Gasteiger partial charge in [-0.3, -0.25) is 4.90 Å². The second kappa shape index (κ2) is 7.18. The lowest BCUT2D eigenvalue weighted by atomic mass is 9.91. The van der Waals surface area contributed by atoms with Crippen LogP contribution in [0.2, 0.25) is 0 Å². The highest BCUT2D eigenvalue weighted by molar-refractivity contribution is 4.88. The third-order valence-electron chi connectivity index (χ3n) is 4.24. The lowest BCUT2D eigenvalue weighted by molar-refractivity contribution is 0.143. The summed E-state index contributed by atoms with van der Waals surface area (Å²) in [6.45, 7) is 9.58. The number of hydrogen-bond donors (Lipinski definition) is 1. The Hall–Kier alpha value is -0.940. The monoisotopic (exact) mass is 279 g/mol. The summed E-state index contributed by atoms with van der Waals surface area (Å²) in [5, 5.41) is 4.36. The lowest BCUT2D eigenvalue weighted by Crippen LogP contribution is -2.41. The first kappa shape index (κ1) is 15.4. The Kier molecular flexibility index (Phi) is 5.54. The van der Waals surface area contributed by atoms with E-state index in [1.54, 1.807) is 6.33 Å². The summed E-state index contributed by atoms with van der Waals surface area (Å²) in [4.78, 5) is 6.99. The van der Waals surface area contributed by atoms with Crippen molar-refractivity contribution in [3.8, 4) is 0 Å². The van der Waals surface area contributed by atoms with Crippen LogP contribution in [0, 0.1) is 5.92 Å². The molecule has 1 heterocycles. The van der Waals surface area contributed by atoms with Crippen LogP contribution in [0.1, 0.15) is 52.3 Å². The fourth-order valence-corrected chi connectivity index (χ4v) is 3.06. The molecule has 20 heavy (non-hydrogen) atoms. The molecule has 0 unspecified atom stereocenters. The number of nitrogens with zero attached hydrogens (tertiary/aromatic N) is 4. The molecular weight excluding hydrogens is 250 g/mol. The summed E-state index contributed by atoms with van der Waals surface area (Å²) in [7, 11) is 0. The molecule has 0 saturated heterocycles. The molecule has 1 fully saturated rings. The Labute approximate surface area is 122 Å². The van der Waals surface area contributed by atoms with Crippen LogP contribution in [0.4, 0.5) is 0 Å². The molecule has 0 bridgehead atoms. The van der Waals surface area contributed by atoms with Crippen molar-refractivity contribution in [3.63, 3.8) is 0 Å². The summed E-state index contributed by atoms with van der Waals surface area (Å²) in [6.07, 6.45) is 6.42. The second-order valence-electron chi connectivity index (χ2n) is 6.38. The molecule has 1 saturated carbocycles. The maximum absolute atomic E-state index is 6.01. The second-order valence-corrected chi connectivity index (χ2v) is 6.38. The largest absolute Gasteiger partial charge is 0.328 e. The van der Waals surface area contributed by atoms with Crippen LogP contribution in [0.25, 0.3) is 0 Å². The first-order valence-corrected chi connectivity index (χ1v) is 7.96. The molecule has 1 aliphatic rings. The molecule has 5 nitrogen and oxygen atoms in total. The van der Waals surface area contributed by atoms with Gasteiger partial charge in [-0.05, 0) is 38.1 Å². The average Bonchev–Trinajstić information content (AvgIpc) is 2.83. The average molecular weight is 279 g/mol. The number of rotatable bonds is 6. The van der Waals surface area contributed by atoms with Gasteiger partial charge in [-0.25, -0.2) is 9.67 Å². The molecule has 0 radical (unpaired) electrons. The van der Waals surface area contributed by atoms with Gasteiger partial charge in [0.1, 0.15) is 12.2 Å². The van der Waals surface area contributed by atoms with E-state index in [1.807, 2.05) is 0 Å². The fourth-order valence-electron chi connectivity index (χ4n) is 3.06. The van der Waals surface area contributed by atoms with Gasteiger partial charge in [-0.1, -0.05) is 20.8 Å². The molecule has 114 valence electrons. The van der Waals surface area contributed by atoms with E-state index in [-0.39, 0.29) is 0 Å². The van der Waals surface area contributed by atoms with Gasteiger partial charge >= 0.3 is 0 Å². The minimum Gasteiger partial charge on any atom is -0.328 e. The highest BCUT2D eigenvalue weighted by Crippen LogP contribution is 2.23. The molecule has 1 aliphatic carbocycles. The zero-order chi connectivity index (χ0) is 14.5. The normalized spacial score (nSPS) is 23.7. The third kappa shape index (κ3) is 4.03. The van der Waals surface area contributed by atoms with Gasteiger partial charge in [0.2, 0.25) is 0 Å². The first-order chi connectivity index (χ1) is 9.60. The van der Waals surface area contributed by atoms with Gasteiger partial charge in [0, 0.05) is 18.6 Å². The van der Waals surface area contributed by atoms with Gasteiger partial charge < -0.3 is 5.73 Å². The van der Waals surface area contributed by atoms with Crippen LogP contribution in [-0.4, -0.2) is 38.3 Å². The standard InChI is InChI=1S/C15H29N5/c1-4-19(14-7-5-13(16)6-8-14)10-15-17-11-18-20(15)9-12(2)3/h11-14H,4-10,16H2,1-3H3. The molecule has 2 rings (SSSR count). The summed E-state index contributed by atoms with van der Waals surface area (Å²) < 4.78 is 2.06. The van der Waals surface area contributed by atoms with E-state index < -0.39 is 0 Å². The van der Waals surface area contributed by atoms with E-state index in [2.05, 4.69) is 40.4 Å². The van der Waals surface area contributed by atoms with E-state index in [9.17, 15) is 0 Å². The summed E-state index contributed by atoms with van der Waals surface area (Å²) in [5.74, 6) is 1.69. The van der Waals surface area contributed by atoms with Gasteiger partial charge in [0.05, 0.1) is 6.54 Å². The summed E-state index contributed by atoms with van der Waals surface area (Å²) >= 11 is 0. The van der Waals surface area contributed by atoms with Gasteiger partial charge in [-0.2, -0.15) is 5.10 Å². The number of aromatic nitrogens is 3. The quantitative estimate of drug-likeness (QED) is 0.865. The fraction of sp³-hybridized carbons (Fsp3) is 0.867. The highest BCUT2D eigenvalue weighted by atomic mass is 15.3. The molecular formula is C15H29N5. The van der Waals surface area contributed by atoms with Gasteiger partial charge in [-0.15, -0.1) is 0 Å². The van der Waals surface area contributed by atoms with Crippen molar-refractivity contribution in [1.82, 2.24) is 19.7 Å². The molecule has 1 aromatic rings. The van der Waals surface area contributed by atoms with Crippen LogP contribution in [0.5, 0.6) is 0 Å². The maximum atomic E-state index is 6.01. The van der Waals surface area contributed by atoms with E-state index in [0.717, 1.165) is 38.3 Å². The van der Waals surface area contributed by atoms with E-state index in [4.69, 9.17) is 5.73 Å². The Morgan fingerprint density at radius 3 is 2.65 bits per heavy atom. The zero-order valence-corrected chi connectivity index (χ0v) is 13.1. The van der Waals surface area contributed by atoms with Crippen LogP contribution in [-0.2, 0) is 13.1 Å². The molecule has 0 aliphatic heterocycles. The first-order valence-electron chi connectivity index (χ1n) is 7.96. The lowest BCUT2D eigenvalue weighted by Gasteiger charge is -2.35. The van der Waals surface area contributed by atoms with Crippen LogP contribution in [0.15, 0.2) is 6.33 Å². The van der Waals surface area contributed by atoms with Crippen molar-refractivity contribution in [1.29, 1.82) is 0 Å². The van der Waals surface area contributed by atoms with Crippen molar-refractivity contribution in [3.05, 3.63) is 12.2 Å². The maximum Gasteiger partial charge on any atom is 0.141 e. The van der Waals surface area contributed by atoms with Crippen LogP contribution < -0.4 is 5.73 Å². The van der Waals surface area contributed by atoms with E-state index in [1.165, 1.54) is 12.8 Å². The molecule has 5 heteroatoms. The topological polar surface area (TPSA) is 60.0 Å². The van der Waals surface area contributed by atoms with Gasteiger partial charge in [0.25, 0.3) is 0 Å². The van der Waals surface area contributed by atoms with Crippen molar-refractivity contribution in [2.45, 2.75) is 71.6 Å². The molecule has 0 spiro atoms. The molecule has 1 aromatic heterocycles. The number of nitrogens with two attached hydrogens (primary N) is 1. The van der Waals surface area contributed by atoms with Crippen LogP contribution >= 0.6 is 0 Å². The predicted molar refractivity (Wildman–Crippen MR) is 81.2 cm³/mol. The van der Waals surface area contributed by atoms with E-state index >= 15 is 0 Å². The van der Waals surface area contributed by atoms with Crippen molar-refractivity contribution in [2.75, 3.05) is 6.54 Å². The minimum absolute atomic E-state index is 0.412. The number of hydrogen-bond acceptors (Lipinski definition) is 4. The minimum atomic E-state index is 0.412. The summed E-state index contributed by atoms with van der Waals surface area (Å²) in [6, 6.07) is 1.07. The molecule has 0 aromatic carbocycles. The highest BCUT2D eigenvalue weighted by Gasteiger charge is 2.24. The molecule has 0 atom stereocenters. The van der Waals surface area contributed by atoms with Crippen molar-refractivity contribution < 1.29 is 0 Å². The molecule has 2 N–H and O–H groups in total. The predicted octanol–water partition coefficient (Wildman–Crippen LogP) is 2.03. The van der Waals surface area contributed by atoms with Crippen molar-refractivity contribution in [2.24, 2.45) is 11.7 Å². The summed E-state index contributed by atoms with van der Waals surface area (Å²) in [5.41, 5.74) is 6.01. The third-order valence-corrected chi connectivity index (χ3v) is 4.24. The van der Waals surface area contributed by atoms with Crippen LogP contribution in [0.3, 0.4) is 0 Å². The molecule has 0 amide bonds. The zero-order valence-electron chi connectivity index (χ0n) is 13.1. The SMILES string of the molecule is CCN(Cc1ncnn1CC(C)C)C1CCC(N)CC1. The Morgan fingerprint density at radius 2 is 2.05 bits per heavy atom. The van der Waals surface area contributed by atoms with Crippen molar-refractivity contribution >= 4 is 0 Å². The van der Waals surface area contributed by atoms with Gasteiger partial charge in [0.15, 0.2) is 0 Å². The Bertz CT molecular complexity index is 393. The smallest absolute Gasteiger partial charge is 0.141 e. The van der Waals surface area contributed by atoms with E-state index in [0.29, 0.717) is 18.0 Å².